The molecule has 2 aromatic carbocycles. The highest BCUT2D eigenvalue weighted by atomic mass is 79.9. The number of nitrogens with one attached hydrogen (secondary N) is 1. The van der Waals surface area contributed by atoms with Crippen molar-refractivity contribution in [2.45, 2.75) is 18.5 Å². The van der Waals surface area contributed by atoms with E-state index < -0.39 is 4.92 Å². The Kier molecular flexibility index (Phi) is 3.65. The second-order valence-electron chi connectivity index (χ2n) is 5.09. The predicted octanol–water partition coefficient (Wildman–Crippen LogP) is 3.91. The summed E-state index contributed by atoms with van der Waals surface area (Å²) in [6.07, 6.45) is 0.781. The quantitative estimate of drug-likeness (QED) is 0.651. The lowest BCUT2D eigenvalue weighted by Crippen LogP contribution is -2.10. The van der Waals surface area contributed by atoms with Crippen LogP contribution in [0.5, 0.6) is 0 Å². The van der Waals surface area contributed by atoms with Crippen molar-refractivity contribution in [1.29, 1.82) is 0 Å². The smallest absolute Gasteiger partial charge is 0.285 e. The molecule has 1 aliphatic rings. The van der Waals surface area contributed by atoms with Gasteiger partial charge in [0.2, 0.25) is 0 Å². The van der Waals surface area contributed by atoms with Crippen molar-refractivity contribution in [2.75, 3.05) is 5.32 Å². The molecule has 5 nitrogen and oxygen atoms in total. The number of anilines is 1. The number of nitrogens with two attached hydrogens (primary N) is 1. The van der Waals surface area contributed by atoms with Gasteiger partial charge in [0.25, 0.3) is 5.69 Å². The number of fused-ring (bicyclic) bond motifs is 1. The fourth-order valence-corrected chi connectivity index (χ4v) is 3.15. The molecule has 2 aromatic rings. The monoisotopic (exact) mass is 347 g/mol. The van der Waals surface area contributed by atoms with E-state index in [0.717, 1.165) is 23.2 Å². The molecule has 21 heavy (non-hydrogen) atoms. The van der Waals surface area contributed by atoms with Gasteiger partial charge in [0.05, 0.1) is 15.4 Å². The van der Waals surface area contributed by atoms with Gasteiger partial charge in [0.1, 0.15) is 0 Å². The number of halogens is 1. The van der Waals surface area contributed by atoms with E-state index in [-0.39, 0.29) is 17.8 Å². The highest BCUT2D eigenvalue weighted by Crippen LogP contribution is 2.39. The highest BCUT2D eigenvalue weighted by Gasteiger charge is 2.28. The van der Waals surface area contributed by atoms with Crippen molar-refractivity contribution in [2.24, 2.45) is 5.73 Å². The molecule has 0 saturated heterocycles. The largest absolute Gasteiger partial charge is 0.378 e. The maximum absolute atomic E-state index is 11.0. The van der Waals surface area contributed by atoms with Crippen molar-refractivity contribution in [1.82, 2.24) is 0 Å². The van der Waals surface area contributed by atoms with Gasteiger partial charge in [-0.05, 0) is 45.6 Å². The highest BCUT2D eigenvalue weighted by molar-refractivity contribution is 9.10. The Morgan fingerprint density at radius 1 is 1.24 bits per heavy atom. The average Bonchev–Trinajstić information content (AvgIpc) is 2.78. The van der Waals surface area contributed by atoms with Crippen LogP contribution in [0.4, 0.5) is 11.4 Å². The Labute approximate surface area is 130 Å². The van der Waals surface area contributed by atoms with Gasteiger partial charge in [-0.3, -0.25) is 10.1 Å². The zero-order valence-corrected chi connectivity index (χ0v) is 12.7. The number of nitrogens with zero attached hydrogens (tertiary/aromatic N) is 1. The molecule has 0 aromatic heterocycles. The fraction of sp³-hybridized carbons (Fsp3) is 0.200. The van der Waals surface area contributed by atoms with Crippen molar-refractivity contribution in [3.05, 3.63) is 68.2 Å². The SMILES string of the molecule is NC1CC(Nc2ccc(Br)c([N+](=O)[O-])c2)c2ccccc21. The lowest BCUT2D eigenvalue weighted by molar-refractivity contribution is -0.385. The van der Waals surface area contributed by atoms with E-state index in [9.17, 15) is 10.1 Å². The summed E-state index contributed by atoms with van der Waals surface area (Å²) >= 11 is 3.19. The minimum absolute atomic E-state index is 0.00383. The Balaban J connectivity index is 1.89. The average molecular weight is 348 g/mol. The lowest BCUT2D eigenvalue weighted by Gasteiger charge is -2.15. The Hall–Kier alpha value is -1.92. The van der Waals surface area contributed by atoms with E-state index in [1.807, 2.05) is 30.3 Å². The van der Waals surface area contributed by atoms with E-state index in [4.69, 9.17) is 5.73 Å². The maximum atomic E-state index is 11.0. The first-order chi connectivity index (χ1) is 10.1. The van der Waals surface area contributed by atoms with Crippen LogP contribution in [0, 0.1) is 10.1 Å². The number of rotatable bonds is 3. The van der Waals surface area contributed by atoms with Gasteiger partial charge in [-0.2, -0.15) is 0 Å². The molecule has 0 fully saturated rings. The summed E-state index contributed by atoms with van der Waals surface area (Å²) in [6.45, 7) is 0. The van der Waals surface area contributed by atoms with Crippen LogP contribution in [0.1, 0.15) is 29.6 Å². The molecule has 0 spiro atoms. The number of nitro groups is 1. The second-order valence-corrected chi connectivity index (χ2v) is 5.95. The third-order valence-electron chi connectivity index (χ3n) is 3.74. The van der Waals surface area contributed by atoms with E-state index in [2.05, 4.69) is 21.2 Å². The maximum Gasteiger partial charge on any atom is 0.285 e. The second kappa shape index (κ2) is 5.46. The van der Waals surface area contributed by atoms with Crippen LogP contribution >= 0.6 is 15.9 Å². The normalized spacial score (nSPS) is 20.1. The van der Waals surface area contributed by atoms with Crippen LogP contribution in [0.15, 0.2) is 46.9 Å². The topological polar surface area (TPSA) is 81.2 Å². The molecule has 0 saturated carbocycles. The first-order valence-electron chi connectivity index (χ1n) is 6.61. The number of hydrogen-bond acceptors (Lipinski definition) is 4. The van der Waals surface area contributed by atoms with Gasteiger partial charge >= 0.3 is 0 Å². The molecule has 0 aliphatic heterocycles. The molecule has 3 N–H and O–H groups in total. The molecule has 1 aliphatic carbocycles. The van der Waals surface area contributed by atoms with Crippen LogP contribution in [-0.2, 0) is 0 Å². The standard InChI is InChI=1S/C15H14BrN3O2/c16-12-6-5-9(7-15(12)19(20)21)18-14-8-13(17)10-3-1-2-4-11(10)14/h1-7,13-14,18H,8,17H2. The van der Waals surface area contributed by atoms with Crippen LogP contribution in [-0.4, -0.2) is 4.92 Å². The van der Waals surface area contributed by atoms with Gasteiger partial charge in [-0.25, -0.2) is 0 Å². The van der Waals surface area contributed by atoms with Crippen molar-refractivity contribution in [3.8, 4) is 0 Å². The third kappa shape index (κ3) is 2.64. The summed E-state index contributed by atoms with van der Waals surface area (Å²) in [5.41, 5.74) is 9.21. The summed E-state index contributed by atoms with van der Waals surface area (Å²) in [7, 11) is 0. The molecule has 0 radical (unpaired) electrons. The Bertz CT molecular complexity index is 705. The molecule has 108 valence electrons. The first-order valence-corrected chi connectivity index (χ1v) is 7.40. The fourth-order valence-electron chi connectivity index (χ4n) is 2.75. The van der Waals surface area contributed by atoms with Gasteiger partial charge < -0.3 is 11.1 Å². The summed E-state index contributed by atoms with van der Waals surface area (Å²) in [5, 5.41) is 14.3. The van der Waals surface area contributed by atoms with Crippen molar-refractivity contribution < 1.29 is 4.92 Å². The lowest BCUT2D eigenvalue weighted by atomic mass is 10.1. The summed E-state index contributed by atoms with van der Waals surface area (Å²) in [6, 6.07) is 13.2. The van der Waals surface area contributed by atoms with E-state index in [1.165, 1.54) is 6.07 Å². The summed E-state index contributed by atoms with van der Waals surface area (Å²) < 4.78 is 0.474. The van der Waals surface area contributed by atoms with Crippen molar-refractivity contribution >= 4 is 27.3 Å². The first kappa shape index (κ1) is 14.0. The molecule has 2 atom stereocenters. The van der Waals surface area contributed by atoms with E-state index in [1.54, 1.807) is 6.07 Å². The molecular weight excluding hydrogens is 334 g/mol. The van der Waals surface area contributed by atoms with Gasteiger partial charge in [0, 0.05) is 17.8 Å². The van der Waals surface area contributed by atoms with Crippen LogP contribution in [0.3, 0.4) is 0 Å². The number of benzene rings is 2. The van der Waals surface area contributed by atoms with Gasteiger partial charge in [-0.1, -0.05) is 24.3 Å². The molecule has 0 bridgehead atoms. The van der Waals surface area contributed by atoms with E-state index >= 15 is 0 Å². The number of nitro benzene ring substituents is 1. The number of hydrogen-bond donors (Lipinski definition) is 2. The molecule has 2 unspecified atom stereocenters. The third-order valence-corrected chi connectivity index (χ3v) is 4.41. The molecule has 6 heteroatoms. The minimum Gasteiger partial charge on any atom is -0.378 e. The minimum atomic E-state index is -0.399. The van der Waals surface area contributed by atoms with Crippen LogP contribution in [0.2, 0.25) is 0 Å². The van der Waals surface area contributed by atoms with Crippen molar-refractivity contribution in [3.63, 3.8) is 0 Å². The van der Waals surface area contributed by atoms with E-state index in [0.29, 0.717) is 4.47 Å². The molecular formula is C15H14BrN3O2. The summed E-state index contributed by atoms with van der Waals surface area (Å²) in [5.74, 6) is 0. The zero-order chi connectivity index (χ0) is 15.0. The van der Waals surface area contributed by atoms with Gasteiger partial charge in [0.15, 0.2) is 0 Å². The summed E-state index contributed by atoms with van der Waals surface area (Å²) in [4.78, 5) is 10.6. The Morgan fingerprint density at radius 2 is 1.95 bits per heavy atom. The molecule has 3 rings (SSSR count). The Morgan fingerprint density at radius 3 is 2.67 bits per heavy atom. The zero-order valence-electron chi connectivity index (χ0n) is 11.1. The predicted molar refractivity (Wildman–Crippen MR) is 85.1 cm³/mol. The van der Waals surface area contributed by atoms with Crippen LogP contribution < -0.4 is 11.1 Å². The van der Waals surface area contributed by atoms with Gasteiger partial charge in [-0.15, -0.1) is 0 Å². The molecule has 0 amide bonds. The van der Waals surface area contributed by atoms with Crippen LogP contribution in [0.25, 0.3) is 0 Å². The molecule has 0 heterocycles.